The highest BCUT2D eigenvalue weighted by molar-refractivity contribution is 5.95. The van der Waals surface area contributed by atoms with Crippen LogP contribution in [0.4, 0.5) is 24.5 Å². The van der Waals surface area contributed by atoms with Crippen molar-refractivity contribution in [2.45, 2.75) is 25.6 Å². The molecule has 2 saturated heterocycles. The van der Waals surface area contributed by atoms with Crippen LogP contribution in [0.2, 0.25) is 0 Å². The first kappa shape index (κ1) is 19.8. The molecule has 4 rings (SSSR count). The fourth-order valence-corrected chi connectivity index (χ4v) is 4.10. The number of para-hydroxylation sites is 1. The lowest BCUT2D eigenvalue weighted by Gasteiger charge is -2.37. The molecule has 2 aliphatic heterocycles. The van der Waals surface area contributed by atoms with Crippen LogP contribution in [0, 0.1) is 0 Å². The molecular weight excluding hydrogens is 379 g/mol. The number of anilines is 2. The van der Waals surface area contributed by atoms with Crippen LogP contribution >= 0.6 is 0 Å². The molecule has 0 saturated carbocycles. The van der Waals surface area contributed by atoms with Crippen molar-refractivity contribution in [1.29, 1.82) is 0 Å². The van der Waals surface area contributed by atoms with Crippen molar-refractivity contribution >= 4 is 17.3 Å². The predicted octanol–water partition coefficient (Wildman–Crippen LogP) is 4.15. The van der Waals surface area contributed by atoms with Gasteiger partial charge in [0.15, 0.2) is 0 Å². The van der Waals surface area contributed by atoms with Crippen molar-refractivity contribution in [3.05, 3.63) is 59.7 Å². The van der Waals surface area contributed by atoms with Gasteiger partial charge in [0.1, 0.15) is 0 Å². The fourth-order valence-electron chi connectivity index (χ4n) is 4.10. The molecule has 2 aromatic rings. The third-order valence-electron chi connectivity index (χ3n) is 5.65. The van der Waals surface area contributed by atoms with Crippen LogP contribution in [0.15, 0.2) is 48.5 Å². The highest BCUT2D eigenvalue weighted by Crippen LogP contribution is 2.36. The van der Waals surface area contributed by atoms with Crippen LogP contribution in [0.25, 0.3) is 0 Å². The topological polar surface area (TPSA) is 26.8 Å². The molecule has 2 aromatic carbocycles. The molecule has 2 heterocycles. The fraction of sp³-hybridized carbons (Fsp3) is 0.409. The lowest BCUT2D eigenvalue weighted by molar-refractivity contribution is -0.137. The van der Waals surface area contributed by atoms with Crippen molar-refractivity contribution in [3.63, 3.8) is 0 Å². The normalized spacial score (nSPS) is 18.5. The summed E-state index contributed by atoms with van der Waals surface area (Å²) in [5.74, 6) is 0.174. The van der Waals surface area contributed by atoms with Gasteiger partial charge in [0, 0.05) is 57.1 Å². The molecule has 0 N–H and O–H groups in total. The van der Waals surface area contributed by atoms with Gasteiger partial charge in [-0.15, -0.1) is 0 Å². The first-order valence-corrected chi connectivity index (χ1v) is 9.95. The quantitative estimate of drug-likeness (QED) is 0.767. The van der Waals surface area contributed by atoms with E-state index in [4.69, 9.17) is 0 Å². The molecule has 0 radical (unpaired) electrons. The van der Waals surface area contributed by atoms with E-state index >= 15 is 0 Å². The minimum Gasteiger partial charge on any atom is -0.368 e. The van der Waals surface area contributed by atoms with Crippen molar-refractivity contribution in [2.24, 2.45) is 0 Å². The molecule has 4 nitrogen and oxygen atoms in total. The third kappa shape index (κ3) is 4.40. The van der Waals surface area contributed by atoms with Crippen LogP contribution in [0.3, 0.4) is 0 Å². The monoisotopic (exact) mass is 403 g/mol. The Morgan fingerprint density at radius 3 is 2.17 bits per heavy atom. The van der Waals surface area contributed by atoms with Crippen molar-refractivity contribution in [2.75, 3.05) is 42.5 Å². The largest absolute Gasteiger partial charge is 0.418 e. The molecule has 7 heteroatoms. The molecule has 0 spiro atoms. The Balaban J connectivity index is 1.35. The molecule has 2 aliphatic rings. The summed E-state index contributed by atoms with van der Waals surface area (Å²) in [5, 5.41) is 0. The summed E-state index contributed by atoms with van der Waals surface area (Å²) in [4.78, 5) is 17.7. The Morgan fingerprint density at radius 2 is 1.55 bits per heavy atom. The van der Waals surface area contributed by atoms with Crippen LogP contribution in [-0.2, 0) is 17.5 Å². The summed E-state index contributed by atoms with van der Waals surface area (Å²) in [7, 11) is 0. The number of hydrogen-bond donors (Lipinski definition) is 0. The standard InChI is InChI=1S/C22H24F3N3O/c23-22(24,25)19-4-1-2-5-20(19)27-14-12-26(13-15-27)16-17-7-9-18(10-8-17)28-11-3-6-21(28)29/h1-2,4-5,7-10H,3,6,11-16H2. The molecule has 0 bridgehead atoms. The van der Waals surface area contributed by atoms with E-state index in [-0.39, 0.29) is 11.6 Å². The number of rotatable bonds is 4. The first-order chi connectivity index (χ1) is 13.9. The van der Waals surface area contributed by atoms with Gasteiger partial charge in [-0.25, -0.2) is 0 Å². The third-order valence-corrected chi connectivity index (χ3v) is 5.65. The average molecular weight is 403 g/mol. The minimum atomic E-state index is -4.34. The molecule has 0 unspecified atom stereocenters. The van der Waals surface area contributed by atoms with Crippen LogP contribution in [0.5, 0.6) is 0 Å². The number of benzene rings is 2. The average Bonchev–Trinajstić information content (AvgIpc) is 3.14. The Hall–Kier alpha value is -2.54. The lowest BCUT2D eigenvalue weighted by Crippen LogP contribution is -2.46. The number of carbonyl (C=O) groups excluding carboxylic acids is 1. The van der Waals surface area contributed by atoms with E-state index in [1.165, 1.54) is 6.07 Å². The molecule has 0 aliphatic carbocycles. The van der Waals surface area contributed by atoms with E-state index < -0.39 is 11.7 Å². The van der Waals surface area contributed by atoms with Crippen molar-refractivity contribution in [1.82, 2.24) is 4.90 Å². The Labute approximate surface area is 168 Å². The maximum absolute atomic E-state index is 13.3. The van der Waals surface area contributed by atoms with Gasteiger partial charge in [0.25, 0.3) is 0 Å². The van der Waals surface area contributed by atoms with Crippen molar-refractivity contribution in [3.8, 4) is 0 Å². The number of amides is 1. The van der Waals surface area contributed by atoms with Crippen molar-refractivity contribution < 1.29 is 18.0 Å². The van der Waals surface area contributed by atoms with Gasteiger partial charge >= 0.3 is 6.18 Å². The number of carbonyl (C=O) groups is 1. The Bertz CT molecular complexity index is 858. The first-order valence-electron chi connectivity index (χ1n) is 9.95. The molecule has 29 heavy (non-hydrogen) atoms. The molecule has 0 aromatic heterocycles. The van der Waals surface area contributed by atoms with E-state index in [1.54, 1.807) is 12.1 Å². The highest BCUT2D eigenvalue weighted by Gasteiger charge is 2.35. The number of piperazine rings is 1. The van der Waals surface area contributed by atoms with Gasteiger partial charge in [-0.05, 0) is 36.2 Å². The Kier molecular flexibility index (Phi) is 5.50. The van der Waals surface area contributed by atoms with Gasteiger partial charge < -0.3 is 9.80 Å². The second kappa shape index (κ2) is 8.06. The van der Waals surface area contributed by atoms with E-state index in [2.05, 4.69) is 4.90 Å². The lowest BCUT2D eigenvalue weighted by atomic mass is 10.1. The Morgan fingerprint density at radius 1 is 0.862 bits per heavy atom. The summed E-state index contributed by atoms with van der Waals surface area (Å²) in [6.07, 6.45) is -2.82. The summed E-state index contributed by atoms with van der Waals surface area (Å²) < 4.78 is 39.8. The van der Waals surface area contributed by atoms with E-state index in [1.807, 2.05) is 34.1 Å². The summed E-state index contributed by atoms with van der Waals surface area (Å²) in [6.45, 7) is 4.07. The number of halogens is 3. The highest BCUT2D eigenvalue weighted by atomic mass is 19.4. The van der Waals surface area contributed by atoms with Gasteiger partial charge in [0.05, 0.1) is 5.56 Å². The molecular formula is C22H24F3N3O. The second-order valence-corrected chi connectivity index (χ2v) is 7.59. The number of nitrogens with zero attached hydrogens (tertiary/aromatic N) is 3. The molecule has 0 atom stereocenters. The summed E-state index contributed by atoms with van der Waals surface area (Å²) in [5.41, 5.74) is 1.77. The summed E-state index contributed by atoms with van der Waals surface area (Å²) >= 11 is 0. The number of hydrogen-bond acceptors (Lipinski definition) is 3. The molecule has 2 fully saturated rings. The van der Waals surface area contributed by atoms with Crippen LogP contribution < -0.4 is 9.80 Å². The molecule has 1 amide bonds. The SMILES string of the molecule is O=C1CCCN1c1ccc(CN2CCN(c3ccccc3C(F)(F)F)CC2)cc1. The second-order valence-electron chi connectivity index (χ2n) is 7.59. The van der Waals surface area contributed by atoms with Gasteiger partial charge in [0.2, 0.25) is 5.91 Å². The zero-order chi connectivity index (χ0) is 20.4. The predicted molar refractivity (Wildman–Crippen MR) is 107 cm³/mol. The van der Waals surface area contributed by atoms with Gasteiger partial charge in [-0.3, -0.25) is 9.69 Å². The zero-order valence-corrected chi connectivity index (χ0v) is 16.2. The smallest absolute Gasteiger partial charge is 0.368 e. The van der Waals surface area contributed by atoms with Crippen LogP contribution in [0.1, 0.15) is 24.0 Å². The van der Waals surface area contributed by atoms with E-state index in [0.29, 0.717) is 32.6 Å². The van der Waals surface area contributed by atoms with E-state index in [9.17, 15) is 18.0 Å². The maximum atomic E-state index is 13.3. The van der Waals surface area contributed by atoms with Gasteiger partial charge in [-0.2, -0.15) is 13.2 Å². The minimum absolute atomic E-state index is 0.174. The molecule has 154 valence electrons. The number of alkyl halides is 3. The van der Waals surface area contributed by atoms with E-state index in [0.717, 1.165) is 36.8 Å². The summed E-state index contributed by atoms with van der Waals surface area (Å²) in [6, 6.07) is 13.8. The maximum Gasteiger partial charge on any atom is 0.418 e. The van der Waals surface area contributed by atoms with Crippen LogP contribution in [-0.4, -0.2) is 43.5 Å². The van der Waals surface area contributed by atoms with Gasteiger partial charge in [-0.1, -0.05) is 24.3 Å². The zero-order valence-electron chi connectivity index (χ0n) is 16.2.